The molecule has 4 rings (SSSR count). The number of rotatable bonds is 1. The van der Waals surface area contributed by atoms with Crippen molar-refractivity contribution < 1.29 is 32.9 Å². The van der Waals surface area contributed by atoms with Crippen molar-refractivity contribution in [1.29, 1.82) is 0 Å². The predicted octanol–water partition coefficient (Wildman–Crippen LogP) is 2.34. The van der Waals surface area contributed by atoms with E-state index in [0.29, 0.717) is 16.6 Å². The van der Waals surface area contributed by atoms with Crippen molar-refractivity contribution in [3.8, 4) is 0 Å². The van der Waals surface area contributed by atoms with E-state index in [4.69, 9.17) is 0 Å². The molecule has 126 valence electrons. The van der Waals surface area contributed by atoms with Gasteiger partial charge < -0.3 is 0 Å². The molecule has 0 bridgehead atoms. The third-order valence-corrected chi connectivity index (χ3v) is 11.7. The minimum absolute atomic E-state index is 0.0642. The van der Waals surface area contributed by atoms with Gasteiger partial charge in [0, 0.05) is 0 Å². The van der Waals surface area contributed by atoms with E-state index in [2.05, 4.69) is 10.1 Å². The van der Waals surface area contributed by atoms with E-state index in [9.17, 15) is 14.2 Å². The molecule has 2 aromatic rings. The van der Waals surface area contributed by atoms with Gasteiger partial charge in [-0.3, -0.25) is 0 Å². The minimum atomic E-state index is -2.98. The third-order valence-electron chi connectivity index (χ3n) is 4.98. The maximum atomic E-state index is 13.3. The number of para-hydroxylation sites is 1. The number of carbonyl (C=O) groups excluding carboxylic acids is 2. The number of benzene rings is 2. The number of carbonyl (C=O) groups is 2. The first-order chi connectivity index (χ1) is 12.2. The zero-order chi connectivity index (χ0) is 18.7. The SMILES string of the molecule is C[C]1([Rb])C(=O)C(C2=N[P](=O)([Re])c3ccccc3N2)C(=O)c2ccccc21. The van der Waals surface area contributed by atoms with Crippen molar-refractivity contribution in [2.24, 2.45) is 10.7 Å². The van der Waals surface area contributed by atoms with Gasteiger partial charge in [-0.1, -0.05) is 0 Å². The molecule has 1 aliphatic carbocycles. The van der Waals surface area contributed by atoms with E-state index in [-0.39, 0.29) is 72.9 Å². The molecule has 0 saturated carbocycles. The fraction of sp³-hybridized carbons (Fsp3) is 0.167. The second kappa shape index (κ2) is 6.78. The van der Waals surface area contributed by atoms with Crippen LogP contribution in [0.4, 0.5) is 5.69 Å². The number of fused-ring (bicyclic) bond motifs is 2. The summed E-state index contributed by atoms with van der Waals surface area (Å²) in [6.07, 6.45) is 0. The number of ketones is 2. The van der Waals surface area contributed by atoms with E-state index in [1.165, 1.54) is 0 Å². The second-order valence-electron chi connectivity index (χ2n) is 6.96. The van der Waals surface area contributed by atoms with Crippen molar-refractivity contribution in [3.63, 3.8) is 0 Å². The summed E-state index contributed by atoms with van der Waals surface area (Å²) in [6, 6.07) is 14.6. The Morgan fingerprint density at radius 1 is 1.15 bits per heavy atom. The maximum absolute atomic E-state index is 13.3. The van der Waals surface area contributed by atoms with Gasteiger partial charge in [-0.05, 0) is 0 Å². The monoisotopic (exact) mass is 608 g/mol. The summed E-state index contributed by atoms with van der Waals surface area (Å²) in [5.74, 6) is -1.16. The first kappa shape index (κ1) is 19.3. The molecule has 3 unspecified atom stereocenters. The summed E-state index contributed by atoms with van der Waals surface area (Å²) >= 11 is 1.02. The van der Waals surface area contributed by atoms with E-state index in [1.807, 2.05) is 43.3 Å². The van der Waals surface area contributed by atoms with Gasteiger partial charge in [-0.15, -0.1) is 0 Å². The van der Waals surface area contributed by atoms with Gasteiger partial charge >= 0.3 is 203 Å². The van der Waals surface area contributed by atoms with Crippen molar-refractivity contribution in [1.82, 2.24) is 0 Å². The Morgan fingerprint density at radius 3 is 2.58 bits per heavy atom. The van der Waals surface area contributed by atoms with Crippen LogP contribution >= 0.6 is 5.48 Å². The number of anilines is 1. The topological polar surface area (TPSA) is 75.6 Å². The summed E-state index contributed by atoms with van der Waals surface area (Å²) < 4.78 is 16.9. The van der Waals surface area contributed by atoms with E-state index in [1.54, 1.807) is 12.1 Å². The van der Waals surface area contributed by atoms with Crippen LogP contribution in [0.5, 0.6) is 0 Å². The Kier molecular flexibility index (Phi) is 5.02. The van der Waals surface area contributed by atoms with E-state index < -0.39 is 9.88 Å². The summed E-state index contributed by atoms with van der Waals surface area (Å²) in [7, 11) is 0. The van der Waals surface area contributed by atoms with Crippen LogP contribution in [-0.2, 0) is 26.5 Å². The van der Waals surface area contributed by atoms with Crippen LogP contribution in [0.2, 0.25) is 0 Å². The fourth-order valence-electron chi connectivity index (χ4n) is 3.56. The molecule has 0 aromatic heterocycles. The summed E-state index contributed by atoms with van der Waals surface area (Å²) in [5.41, 5.74) is -0.911. The summed E-state index contributed by atoms with van der Waals surface area (Å²) in [6.45, 7) is 1.91. The standard InChI is InChI=1S/C18H13N2O3P.Rb.Re/c1-10-11-6-2-3-7-12(11)17(22)15(16(10)21)18-19-13-8-4-5-9-14(13)24(23)20-18;;/h2-9,15H,1H3,(H,19,20,23);;/q+1;;-1. The normalized spacial score (nSPS) is 30.2. The molecule has 0 fully saturated rings. The quantitative estimate of drug-likeness (QED) is 0.399. The summed E-state index contributed by atoms with van der Waals surface area (Å²) in [5, 5.41) is 3.77. The van der Waals surface area contributed by atoms with Crippen LogP contribution in [0.15, 0.2) is 53.3 Å². The molecule has 0 radical (unpaired) electrons. The molecule has 1 N–H and O–H groups in total. The van der Waals surface area contributed by atoms with Crippen molar-refractivity contribution in [3.05, 3.63) is 59.7 Å². The van der Waals surface area contributed by atoms with Gasteiger partial charge in [0.1, 0.15) is 0 Å². The third kappa shape index (κ3) is 2.99. The number of nitrogens with one attached hydrogen (secondary N) is 1. The Balaban J connectivity index is 1.87. The van der Waals surface area contributed by atoms with Crippen LogP contribution in [-0.4, -0.2) is 72.9 Å². The molecule has 8 heteroatoms. The van der Waals surface area contributed by atoms with Crippen LogP contribution in [0.1, 0.15) is 22.8 Å². The van der Waals surface area contributed by atoms with Crippen LogP contribution in [0, 0.1) is 5.92 Å². The van der Waals surface area contributed by atoms with Gasteiger partial charge in [0.2, 0.25) is 0 Å². The molecule has 2 aliphatic rings. The van der Waals surface area contributed by atoms with E-state index in [0.717, 1.165) is 24.3 Å². The average Bonchev–Trinajstić information content (AvgIpc) is 2.60. The number of amidine groups is 1. The molecule has 0 spiro atoms. The van der Waals surface area contributed by atoms with Crippen molar-refractivity contribution in [2.75, 3.05) is 5.32 Å². The Morgan fingerprint density at radius 2 is 1.81 bits per heavy atom. The van der Waals surface area contributed by atoms with Crippen LogP contribution in [0.25, 0.3) is 0 Å². The Bertz CT molecular complexity index is 1050. The van der Waals surface area contributed by atoms with Gasteiger partial charge in [-0.25, -0.2) is 0 Å². The zero-order valence-corrected chi connectivity index (χ0v) is 22.7. The molecule has 1 aliphatic heterocycles. The molecule has 3 atom stereocenters. The molecule has 2 aromatic carbocycles. The Labute approximate surface area is 200 Å². The summed E-state index contributed by atoms with van der Waals surface area (Å²) in [4.78, 5) is 26.4. The molecule has 0 saturated heterocycles. The van der Waals surface area contributed by atoms with Crippen LogP contribution < -0.4 is 10.6 Å². The molecule has 5 nitrogen and oxygen atoms in total. The van der Waals surface area contributed by atoms with Gasteiger partial charge in [0.05, 0.1) is 0 Å². The Hall–Kier alpha value is -0.0525. The average molecular weight is 608 g/mol. The first-order valence-electron chi connectivity index (χ1n) is 8.18. The number of hydrogen-bond donors (Lipinski definition) is 1. The first-order valence-corrected chi connectivity index (χ1v) is 15.8. The van der Waals surface area contributed by atoms with Crippen LogP contribution in [0.3, 0.4) is 0 Å². The molecular weight excluding hydrogens is 595 g/mol. The molecule has 0 amide bonds. The van der Waals surface area contributed by atoms with Crippen molar-refractivity contribution >= 4 is 89.4 Å². The van der Waals surface area contributed by atoms with Gasteiger partial charge in [0.15, 0.2) is 0 Å². The van der Waals surface area contributed by atoms with Gasteiger partial charge in [-0.2, -0.15) is 0 Å². The molecule has 1 heterocycles. The molecular formula is C18H13N2O3PRbRe. The zero-order valence-electron chi connectivity index (χ0n) is 14.2. The number of hydrogen-bond acceptors (Lipinski definition) is 4. The number of Topliss-reactive ketones (excluding diaryl/α,β-unsaturated/α-hetero) is 2. The molecule has 26 heavy (non-hydrogen) atoms. The number of nitrogens with zero attached hydrogens (tertiary/aromatic N) is 1. The van der Waals surface area contributed by atoms with E-state index >= 15 is 0 Å². The fourth-order valence-corrected chi connectivity index (χ4v) is 9.06. The van der Waals surface area contributed by atoms with Gasteiger partial charge in [0.25, 0.3) is 0 Å². The van der Waals surface area contributed by atoms with Crippen molar-refractivity contribution in [2.45, 2.75) is 5.41 Å². The predicted molar refractivity (Wildman–Crippen MR) is 97.1 cm³/mol. The second-order valence-corrected chi connectivity index (χ2v) is 18.5.